The van der Waals surface area contributed by atoms with Crippen LogP contribution in [-0.2, 0) is 15.0 Å². The third-order valence-corrected chi connectivity index (χ3v) is 6.28. The first kappa shape index (κ1) is 24.4. The molecule has 0 saturated heterocycles. The largest absolute Gasteiger partial charge is 0.507 e. The molecule has 7 N–H and O–H groups in total. The van der Waals surface area contributed by atoms with Crippen molar-refractivity contribution in [2.75, 3.05) is 18.8 Å². The van der Waals surface area contributed by atoms with Crippen LogP contribution in [0.2, 0.25) is 0 Å². The average Bonchev–Trinajstić information content (AvgIpc) is 3.36. The molecule has 13 nitrogen and oxygen atoms in total. The number of fused-ring (bicyclic) bond motifs is 3. The minimum absolute atomic E-state index is 0.00986. The van der Waals surface area contributed by atoms with Gasteiger partial charge in [-0.2, -0.15) is 4.98 Å². The van der Waals surface area contributed by atoms with E-state index in [0.29, 0.717) is 0 Å². The Morgan fingerprint density at radius 3 is 2.44 bits per heavy atom. The summed E-state index contributed by atoms with van der Waals surface area (Å²) in [5.41, 5.74) is 3.69. The third kappa shape index (κ3) is 3.56. The van der Waals surface area contributed by atoms with Crippen molar-refractivity contribution < 1.29 is 34.1 Å². The molecule has 1 aromatic carbocycles. The monoisotopic (exact) mass is 496 g/mol. The fourth-order valence-electron chi connectivity index (χ4n) is 4.34. The molecular weight excluding hydrogens is 472 g/mol. The summed E-state index contributed by atoms with van der Waals surface area (Å²) in [6.45, 7) is 5.93. The van der Waals surface area contributed by atoms with Crippen LogP contribution in [0.5, 0.6) is 17.2 Å². The summed E-state index contributed by atoms with van der Waals surface area (Å²) in [5.74, 6) is -3.53. The molecule has 1 unspecified atom stereocenters. The quantitative estimate of drug-likeness (QED) is 0.138. The topological polar surface area (TPSA) is 210 Å². The molecule has 0 spiro atoms. The molecule has 1 aliphatic heterocycles. The number of hydrogen-bond acceptors (Lipinski definition) is 11. The number of nitrogen functional groups attached to an aromatic ring is 1. The fraction of sp³-hybridized carbons (Fsp3) is 0.304. The highest BCUT2D eigenvalue weighted by Gasteiger charge is 2.56. The average molecular weight is 496 g/mol. The van der Waals surface area contributed by atoms with Crippen LogP contribution >= 0.6 is 0 Å². The molecule has 1 atom stereocenters. The second-order valence-electron chi connectivity index (χ2n) is 8.61. The number of phenolic OH excluding ortho intramolecular Hbond substituents is 2. The minimum atomic E-state index is -1.60. The Balaban J connectivity index is 1.62. The maximum Gasteiger partial charge on any atom is 0.288 e. The van der Waals surface area contributed by atoms with Crippen molar-refractivity contribution in [3.05, 3.63) is 45.6 Å². The number of ketones is 3. The number of hydrogen-bond donors (Lipinski definition) is 6. The van der Waals surface area contributed by atoms with Gasteiger partial charge in [0.25, 0.3) is 5.91 Å². The smallest absolute Gasteiger partial charge is 0.288 e. The molecule has 0 radical (unpaired) electrons. The number of nitrogens with two attached hydrogens (primary N) is 1. The number of amides is 1. The molecule has 0 saturated carbocycles. The zero-order valence-electron chi connectivity index (χ0n) is 19.9. The number of anilines is 1. The van der Waals surface area contributed by atoms with E-state index in [1.165, 1.54) is 27.7 Å². The van der Waals surface area contributed by atoms with Crippen LogP contribution in [-0.4, -0.2) is 61.7 Å². The van der Waals surface area contributed by atoms with Crippen molar-refractivity contribution in [1.82, 2.24) is 25.8 Å². The lowest BCUT2D eigenvalue weighted by Gasteiger charge is -2.29. The normalized spacial score (nSPS) is 19.7. The van der Waals surface area contributed by atoms with Gasteiger partial charge in [0.15, 0.2) is 17.3 Å². The number of nitrogens with zero attached hydrogens (tertiary/aromatic N) is 2. The second-order valence-corrected chi connectivity index (χ2v) is 8.61. The van der Waals surface area contributed by atoms with Crippen molar-refractivity contribution in [3.8, 4) is 17.2 Å². The number of aromatic nitrogens is 3. The van der Waals surface area contributed by atoms with E-state index in [9.17, 15) is 29.4 Å². The minimum Gasteiger partial charge on any atom is -0.507 e. The maximum atomic E-state index is 13.7. The Hall–Kier alpha value is -4.68. The molecule has 0 bridgehead atoms. The van der Waals surface area contributed by atoms with Crippen LogP contribution in [0.25, 0.3) is 0 Å². The van der Waals surface area contributed by atoms with Gasteiger partial charge in [-0.05, 0) is 27.7 Å². The molecule has 2 heterocycles. The van der Waals surface area contributed by atoms with E-state index in [0.717, 1.165) is 6.08 Å². The molecular formula is C23H24N6O7. The number of nitrogens with one attached hydrogen (secondary N) is 3. The number of allylic oxidation sites excluding steroid dienone is 4. The van der Waals surface area contributed by atoms with Gasteiger partial charge in [0.05, 0.1) is 11.1 Å². The Labute approximate surface area is 204 Å². The number of ether oxygens (including phenoxy) is 1. The predicted molar refractivity (Wildman–Crippen MR) is 124 cm³/mol. The highest BCUT2D eigenvalue weighted by atomic mass is 16.5. The summed E-state index contributed by atoms with van der Waals surface area (Å²) in [7, 11) is 0. The summed E-state index contributed by atoms with van der Waals surface area (Å²) in [6.07, 6.45) is 1.13. The first-order valence-corrected chi connectivity index (χ1v) is 10.9. The first-order valence-electron chi connectivity index (χ1n) is 10.9. The molecule has 0 fully saturated rings. The number of H-pyrrole nitrogens is 1. The highest BCUT2D eigenvalue weighted by Crippen LogP contribution is 2.57. The van der Waals surface area contributed by atoms with E-state index in [1.54, 1.807) is 0 Å². The van der Waals surface area contributed by atoms with E-state index < -0.39 is 40.2 Å². The van der Waals surface area contributed by atoms with Gasteiger partial charge in [0.1, 0.15) is 34.0 Å². The Morgan fingerprint density at radius 2 is 1.83 bits per heavy atom. The van der Waals surface area contributed by atoms with Crippen LogP contribution in [0.1, 0.15) is 52.9 Å². The molecule has 1 aromatic heterocycles. The van der Waals surface area contributed by atoms with Crippen LogP contribution in [0.4, 0.5) is 5.95 Å². The van der Waals surface area contributed by atoms with Gasteiger partial charge in [0, 0.05) is 30.4 Å². The highest BCUT2D eigenvalue weighted by molar-refractivity contribution is 6.31. The number of benzene rings is 1. The van der Waals surface area contributed by atoms with Crippen LogP contribution in [0, 0.1) is 6.92 Å². The van der Waals surface area contributed by atoms with Gasteiger partial charge in [-0.25, -0.2) is 0 Å². The number of aromatic hydroxyl groups is 2. The fourth-order valence-corrected chi connectivity index (χ4v) is 4.34. The van der Waals surface area contributed by atoms with Crippen LogP contribution < -0.4 is 21.1 Å². The van der Waals surface area contributed by atoms with Crippen molar-refractivity contribution in [2.24, 2.45) is 0 Å². The molecule has 36 heavy (non-hydrogen) atoms. The van der Waals surface area contributed by atoms with Crippen molar-refractivity contribution >= 4 is 29.2 Å². The number of aromatic amines is 1. The van der Waals surface area contributed by atoms with Gasteiger partial charge >= 0.3 is 0 Å². The Kier molecular flexibility index (Phi) is 5.78. The Morgan fingerprint density at radius 1 is 1.17 bits per heavy atom. The van der Waals surface area contributed by atoms with Gasteiger partial charge in [0.2, 0.25) is 11.8 Å². The molecule has 188 valence electrons. The lowest BCUT2D eigenvalue weighted by atomic mass is 9.70. The van der Waals surface area contributed by atoms with Gasteiger partial charge < -0.3 is 31.3 Å². The molecule has 13 heteroatoms. The summed E-state index contributed by atoms with van der Waals surface area (Å²) >= 11 is 0. The van der Waals surface area contributed by atoms with E-state index in [1.807, 2.05) is 0 Å². The van der Waals surface area contributed by atoms with E-state index in [2.05, 4.69) is 25.8 Å². The molecule has 4 rings (SSSR count). The number of carbonyl (C=O) groups is 4. The summed E-state index contributed by atoms with van der Waals surface area (Å²) in [6, 6.07) is 0. The van der Waals surface area contributed by atoms with Crippen LogP contribution in [0.15, 0.2) is 23.1 Å². The number of carbonyl (C=O) groups excluding carboxylic acids is 4. The Bertz CT molecular complexity index is 1420. The third-order valence-electron chi connectivity index (χ3n) is 6.28. The van der Waals surface area contributed by atoms with Crippen molar-refractivity contribution in [3.63, 3.8) is 0 Å². The molecule has 2 aromatic rings. The standard InChI is InChI=1S/C23H24N6O7/c1-8-16(32)14(10(3)30)18-15(17(8)33)23(4)12(36-18)7-11(31)13(19(23)34)9(2)25-5-6-26-21(35)20-27-22(24)29-28-20/h7,25,32-33H,5-6H2,1-4H3,(H,26,35)(H3,24,27,28,29). The molecule has 1 amide bonds. The molecule has 2 aliphatic rings. The first-order chi connectivity index (χ1) is 16.9. The number of phenols is 2. The lowest BCUT2D eigenvalue weighted by Crippen LogP contribution is -2.41. The van der Waals surface area contributed by atoms with Gasteiger partial charge in [-0.15, -0.1) is 5.10 Å². The van der Waals surface area contributed by atoms with E-state index in [4.69, 9.17) is 10.5 Å². The second kappa shape index (κ2) is 8.52. The van der Waals surface area contributed by atoms with E-state index >= 15 is 0 Å². The van der Waals surface area contributed by atoms with Crippen LogP contribution in [0.3, 0.4) is 0 Å². The summed E-state index contributed by atoms with van der Waals surface area (Å²) in [4.78, 5) is 54.6. The van der Waals surface area contributed by atoms with Crippen molar-refractivity contribution in [2.45, 2.75) is 33.1 Å². The van der Waals surface area contributed by atoms with E-state index in [-0.39, 0.29) is 64.3 Å². The number of Topliss-reactive ketones (excluding diaryl/α,β-unsaturated/α-hetero) is 2. The zero-order chi connectivity index (χ0) is 26.5. The SMILES string of the molecule is CC(=O)c1c(O)c(C)c(O)c2c1OC1=CC(=O)C(=C(C)NCCNC(=O)c3nc(N)n[nH]3)C(=O)C12C. The maximum absolute atomic E-state index is 13.7. The zero-order valence-corrected chi connectivity index (χ0v) is 19.9. The summed E-state index contributed by atoms with van der Waals surface area (Å²) in [5, 5.41) is 32.7. The lowest BCUT2D eigenvalue weighted by molar-refractivity contribution is -0.123. The van der Waals surface area contributed by atoms with Gasteiger partial charge in [-0.1, -0.05) is 0 Å². The predicted octanol–water partition coefficient (Wildman–Crippen LogP) is 0.289. The summed E-state index contributed by atoms with van der Waals surface area (Å²) < 4.78 is 5.73. The van der Waals surface area contributed by atoms with Crippen molar-refractivity contribution in [1.29, 1.82) is 0 Å². The van der Waals surface area contributed by atoms with Gasteiger partial charge in [-0.3, -0.25) is 24.3 Å². The molecule has 1 aliphatic carbocycles. The number of rotatable bonds is 6.